The predicted octanol–water partition coefficient (Wildman–Crippen LogP) is 2.36. The van der Waals surface area contributed by atoms with Gasteiger partial charge in [-0.1, -0.05) is 11.1 Å². The molecule has 36 valence electrons. The highest BCUT2D eigenvalue weighted by Gasteiger charge is 1.75. The summed E-state index contributed by atoms with van der Waals surface area (Å²) in [7, 11) is 0. The zero-order valence-electron chi connectivity index (χ0n) is 5.00. The van der Waals surface area contributed by atoms with E-state index in [4.69, 9.17) is 0 Å². The second-order valence-corrected chi connectivity index (χ2v) is 2.00. The fourth-order valence-electron chi connectivity index (χ4n) is 0. The van der Waals surface area contributed by atoms with Gasteiger partial charge in [0.15, 0.2) is 0 Å². The van der Waals surface area contributed by atoms with E-state index < -0.39 is 0 Å². The van der Waals surface area contributed by atoms with Crippen molar-refractivity contribution in [1.82, 2.24) is 0 Å². The van der Waals surface area contributed by atoms with E-state index in [2.05, 4.69) is 27.7 Å². The molecule has 0 aliphatic heterocycles. The molecule has 0 saturated carbocycles. The Labute approximate surface area is 39.9 Å². The molecule has 0 atom stereocenters. The van der Waals surface area contributed by atoms with Gasteiger partial charge in [-0.3, -0.25) is 0 Å². The van der Waals surface area contributed by atoms with Crippen molar-refractivity contribution < 1.29 is 0 Å². The van der Waals surface area contributed by atoms with Crippen LogP contribution in [0.2, 0.25) is 0 Å². The largest absolute Gasteiger partial charge is 0.0778 e. The second kappa shape index (κ2) is 2.01. The summed E-state index contributed by atoms with van der Waals surface area (Å²) in [6, 6.07) is 0. The fourth-order valence-corrected chi connectivity index (χ4v) is 0. The molecule has 0 rings (SSSR count). The van der Waals surface area contributed by atoms with E-state index in [0.29, 0.717) is 0 Å². The van der Waals surface area contributed by atoms with Crippen molar-refractivity contribution in [2.75, 3.05) is 0 Å². The van der Waals surface area contributed by atoms with Crippen molar-refractivity contribution in [3.63, 3.8) is 0 Å². The maximum absolute atomic E-state index is 2.12. The Morgan fingerprint density at radius 2 is 0.833 bits per heavy atom. The zero-order valence-corrected chi connectivity index (χ0v) is 5.00. The minimum Gasteiger partial charge on any atom is -0.0778 e. The third kappa shape index (κ3) is 2.01. The first-order chi connectivity index (χ1) is 2.64. The molecule has 0 aliphatic carbocycles. The van der Waals surface area contributed by atoms with Crippen LogP contribution in [0.25, 0.3) is 0 Å². The van der Waals surface area contributed by atoms with Gasteiger partial charge in [0.2, 0.25) is 0 Å². The second-order valence-electron chi connectivity index (χ2n) is 2.00. The van der Waals surface area contributed by atoms with Crippen molar-refractivity contribution in [3.8, 4) is 0 Å². The first kappa shape index (κ1) is 5.74. The van der Waals surface area contributed by atoms with Crippen LogP contribution in [0.3, 0.4) is 0 Å². The maximum atomic E-state index is 2.12. The number of hydrogen-bond acceptors (Lipinski definition) is 0. The Balaban J connectivity index is 3.68. The van der Waals surface area contributed by atoms with Gasteiger partial charge in [0.25, 0.3) is 0 Å². The smallest absolute Gasteiger partial charge is 0.0440 e. The minimum atomic E-state index is 1.43. The molecule has 0 N–H and O–H groups in total. The number of allylic oxidation sites excluding steroid dienone is 2. The lowest BCUT2D eigenvalue weighted by Gasteiger charge is -1.88. The van der Waals surface area contributed by atoms with Gasteiger partial charge >= 0.3 is 0 Å². The van der Waals surface area contributed by atoms with Crippen LogP contribution in [0.5, 0.6) is 0 Å². The first-order valence-electron chi connectivity index (χ1n) is 2.25. The van der Waals surface area contributed by atoms with Gasteiger partial charge in [-0.15, -0.1) is 0 Å². The molecule has 0 aliphatic rings. The van der Waals surface area contributed by atoms with Crippen LogP contribution in [-0.2, 0) is 0 Å². The van der Waals surface area contributed by atoms with Gasteiger partial charge in [0.1, 0.15) is 0 Å². The van der Waals surface area contributed by atoms with Gasteiger partial charge in [-0.25, -0.2) is 0 Å². The highest BCUT2D eigenvalue weighted by atomic mass is 14.3. The first-order valence-corrected chi connectivity index (χ1v) is 2.25. The van der Waals surface area contributed by atoms with Crippen molar-refractivity contribution in [1.29, 1.82) is 0 Å². The Hall–Kier alpha value is -0.260. The monoisotopic (exact) mass is 85.1 g/mol. The normalized spacial score (nSPS) is 8.00. The van der Waals surface area contributed by atoms with E-state index in [1.807, 2.05) is 0 Å². The summed E-state index contributed by atoms with van der Waals surface area (Å²) in [5, 5.41) is 0. The summed E-state index contributed by atoms with van der Waals surface area (Å²) in [5.41, 5.74) is 2.85. The van der Waals surface area contributed by atoms with Gasteiger partial charge < -0.3 is 0 Å². The van der Waals surface area contributed by atoms with Crippen molar-refractivity contribution in [2.45, 2.75) is 27.7 Å². The lowest BCUT2D eigenvalue weighted by molar-refractivity contribution is 1.23. The highest BCUT2D eigenvalue weighted by Crippen LogP contribution is 1.96. The Morgan fingerprint density at radius 3 is 0.833 bits per heavy atom. The molecule has 0 spiro atoms. The molecule has 0 heterocycles. The standard InChI is InChI=1S/C6H12/c1-5(2)6(3)4/h1-4H3/i5+1. The third-order valence-electron chi connectivity index (χ3n) is 1.00. The molecule has 0 heteroatoms. The number of hydrogen-bond donors (Lipinski definition) is 0. The van der Waals surface area contributed by atoms with Crippen LogP contribution in [0.15, 0.2) is 11.1 Å². The molecular weight excluding hydrogens is 73.1 g/mol. The Kier molecular flexibility index (Phi) is 1.93. The molecule has 6 heavy (non-hydrogen) atoms. The van der Waals surface area contributed by atoms with E-state index in [-0.39, 0.29) is 0 Å². The summed E-state index contributed by atoms with van der Waals surface area (Å²) < 4.78 is 0. The molecule has 0 aromatic carbocycles. The molecule has 0 radical (unpaired) electrons. The van der Waals surface area contributed by atoms with Crippen molar-refractivity contribution in [2.24, 2.45) is 0 Å². The van der Waals surface area contributed by atoms with Crippen LogP contribution in [0.4, 0.5) is 0 Å². The summed E-state index contributed by atoms with van der Waals surface area (Å²) in [5.74, 6) is 0. The molecular formula is C6H12. The molecule has 0 nitrogen and oxygen atoms in total. The summed E-state index contributed by atoms with van der Waals surface area (Å²) in [6.07, 6.45) is 0. The van der Waals surface area contributed by atoms with E-state index >= 15 is 0 Å². The van der Waals surface area contributed by atoms with Crippen LogP contribution in [0.1, 0.15) is 27.7 Å². The third-order valence-corrected chi connectivity index (χ3v) is 1.00. The van der Waals surface area contributed by atoms with Gasteiger partial charge in [0.05, 0.1) is 0 Å². The molecule has 0 aromatic heterocycles. The summed E-state index contributed by atoms with van der Waals surface area (Å²) in [6.45, 7) is 8.48. The van der Waals surface area contributed by atoms with Crippen molar-refractivity contribution >= 4 is 0 Å². The molecule has 0 saturated heterocycles. The fraction of sp³-hybridized carbons (Fsp3) is 0.667. The minimum absolute atomic E-state index is 1.43. The summed E-state index contributed by atoms with van der Waals surface area (Å²) >= 11 is 0. The quantitative estimate of drug-likeness (QED) is 0.313. The van der Waals surface area contributed by atoms with Crippen LogP contribution in [0, 0.1) is 0 Å². The zero-order chi connectivity index (χ0) is 5.15. The highest BCUT2D eigenvalue weighted by molar-refractivity contribution is 5.02. The Morgan fingerprint density at radius 1 is 0.667 bits per heavy atom. The van der Waals surface area contributed by atoms with Crippen LogP contribution < -0.4 is 0 Å². The van der Waals surface area contributed by atoms with E-state index in [1.165, 1.54) is 11.1 Å². The topological polar surface area (TPSA) is 0 Å². The van der Waals surface area contributed by atoms with Gasteiger partial charge in [0, 0.05) is 0 Å². The maximum Gasteiger partial charge on any atom is -0.0440 e. The molecule has 0 unspecified atom stereocenters. The molecule has 0 fully saturated rings. The molecule has 0 bridgehead atoms. The SMILES string of the molecule is CC(C)=[13C](C)C. The lowest BCUT2D eigenvalue weighted by Crippen LogP contribution is -1.66. The Bertz CT molecular complexity index is 50.1. The molecule has 0 aromatic rings. The van der Waals surface area contributed by atoms with E-state index in [0.717, 1.165) is 0 Å². The van der Waals surface area contributed by atoms with Gasteiger partial charge in [-0.05, 0) is 27.7 Å². The number of rotatable bonds is 0. The van der Waals surface area contributed by atoms with Crippen LogP contribution in [-0.4, -0.2) is 0 Å². The lowest BCUT2D eigenvalue weighted by atomic mass is 10.4. The van der Waals surface area contributed by atoms with E-state index in [1.54, 1.807) is 0 Å². The molecule has 0 amide bonds. The average molecular weight is 85.2 g/mol. The van der Waals surface area contributed by atoms with Crippen LogP contribution >= 0.6 is 0 Å². The van der Waals surface area contributed by atoms with Gasteiger partial charge in [-0.2, -0.15) is 0 Å². The van der Waals surface area contributed by atoms with E-state index in [9.17, 15) is 0 Å². The summed E-state index contributed by atoms with van der Waals surface area (Å²) in [4.78, 5) is 0. The average Bonchev–Trinajstić information content (AvgIpc) is 1.36. The predicted molar refractivity (Wildman–Crippen MR) is 29.7 cm³/mol. The van der Waals surface area contributed by atoms with Crippen molar-refractivity contribution in [3.05, 3.63) is 11.1 Å².